The molecular formula is C17H12F2N2O6. The molecule has 0 aliphatic carbocycles. The third-order valence-corrected chi connectivity index (χ3v) is 4.12. The highest BCUT2D eigenvalue weighted by Gasteiger charge is 2.45. The van der Waals surface area contributed by atoms with E-state index in [-0.39, 0.29) is 34.3 Å². The summed E-state index contributed by atoms with van der Waals surface area (Å²) in [6.45, 7) is 3.01. The van der Waals surface area contributed by atoms with Gasteiger partial charge in [-0.3, -0.25) is 19.8 Å². The van der Waals surface area contributed by atoms with Crippen molar-refractivity contribution >= 4 is 23.0 Å². The summed E-state index contributed by atoms with van der Waals surface area (Å²) < 4.78 is 40.9. The predicted octanol–water partition coefficient (Wildman–Crippen LogP) is 3.75. The Morgan fingerprint density at radius 1 is 1.00 bits per heavy atom. The number of alkyl halides is 2. The standard InChI is InChI=1S/C17H12F2N2O6/c1-16(2)15(22)20(11-5-3-10(21(23)24)8-13(11)25-16)9-4-6-12-14(7-9)27-17(18,19)26-12/h3-8H,1-2H3. The van der Waals surface area contributed by atoms with Crippen molar-refractivity contribution in [3.8, 4) is 17.2 Å². The number of nitrogens with zero attached hydrogens (tertiary/aromatic N) is 2. The Morgan fingerprint density at radius 3 is 2.41 bits per heavy atom. The Kier molecular flexibility index (Phi) is 3.33. The van der Waals surface area contributed by atoms with Crippen molar-refractivity contribution < 1.29 is 32.7 Å². The highest BCUT2D eigenvalue weighted by molar-refractivity contribution is 6.08. The fourth-order valence-corrected chi connectivity index (χ4v) is 2.91. The highest BCUT2D eigenvalue weighted by Crippen LogP contribution is 2.47. The Bertz CT molecular complexity index is 991. The van der Waals surface area contributed by atoms with Crippen LogP contribution >= 0.6 is 0 Å². The van der Waals surface area contributed by atoms with Crippen LogP contribution in [0.1, 0.15) is 13.8 Å². The molecule has 0 bridgehead atoms. The largest absolute Gasteiger partial charge is 0.586 e. The van der Waals surface area contributed by atoms with Gasteiger partial charge in [0.1, 0.15) is 0 Å². The van der Waals surface area contributed by atoms with Gasteiger partial charge in [-0.2, -0.15) is 0 Å². The van der Waals surface area contributed by atoms with E-state index in [0.29, 0.717) is 0 Å². The van der Waals surface area contributed by atoms with Gasteiger partial charge in [0, 0.05) is 12.1 Å². The van der Waals surface area contributed by atoms with Crippen LogP contribution in [0.2, 0.25) is 0 Å². The lowest BCUT2D eigenvalue weighted by molar-refractivity contribution is -0.385. The van der Waals surface area contributed by atoms with Crippen molar-refractivity contribution in [2.45, 2.75) is 25.7 Å². The zero-order valence-electron chi connectivity index (χ0n) is 14.1. The number of benzene rings is 2. The lowest BCUT2D eigenvalue weighted by Crippen LogP contribution is -2.50. The molecule has 0 atom stereocenters. The molecule has 0 unspecified atom stereocenters. The first-order valence-corrected chi connectivity index (χ1v) is 7.79. The Labute approximate surface area is 151 Å². The molecule has 0 aromatic heterocycles. The number of amides is 1. The molecule has 1 amide bonds. The second kappa shape index (κ2) is 5.29. The number of nitro benzene ring substituents is 1. The number of halogens is 2. The number of non-ortho nitro benzene ring substituents is 1. The zero-order chi connectivity index (χ0) is 19.6. The first-order valence-electron chi connectivity index (χ1n) is 7.79. The number of nitro groups is 1. The molecule has 0 N–H and O–H groups in total. The van der Waals surface area contributed by atoms with E-state index in [2.05, 4.69) is 9.47 Å². The molecule has 0 saturated carbocycles. The third kappa shape index (κ3) is 2.69. The first-order chi connectivity index (χ1) is 12.6. The van der Waals surface area contributed by atoms with E-state index in [1.165, 1.54) is 55.1 Å². The van der Waals surface area contributed by atoms with E-state index in [0.717, 1.165) is 0 Å². The molecule has 2 aliphatic heterocycles. The van der Waals surface area contributed by atoms with Crippen LogP contribution < -0.4 is 19.1 Å². The summed E-state index contributed by atoms with van der Waals surface area (Å²) in [7, 11) is 0. The lowest BCUT2D eigenvalue weighted by atomic mass is 10.0. The maximum atomic E-state index is 13.3. The van der Waals surface area contributed by atoms with Crippen molar-refractivity contribution in [1.29, 1.82) is 0 Å². The van der Waals surface area contributed by atoms with Crippen LogP contribution in [0.15, 0.2) is 36.4 Å². The zero-order valence-corrected chi connectivity index (χ0v) is 14.1. The van der Waals surface area contributed by atoms with Gasteiger partial charge in [0.25, 0.3) is 11.6 Å². The predicted molar refractivity (Wildman–Crippen MR) is 87.6 cm³/mol. The van der Waals surface area contributed by atoms with Gasteiger partial charge in [-0.15, -0.1) is 8.78 Å². The van der Waals surface area contributed by atoms with Gasteiger partial charge in [0.05, 0.1) is 22.4 Å². The molecule has 2 aromatic rings. The highest BCUT2D eigenvalue weighted by atomic mass is 19.3. The van der Waals surface area contributed by atoms with E-state index in [4.69, 9.17) is 4.74 Å². The molecule has 140 valence electrons. The van der Waals surface area contributed by atoms with E-state index in [1.807, 2.05) is 0 Å². The van der Waals surface area contributed by atoms with Gasteiger partial charge in [-0.25, -0.2) is 0 Å². The van der Waals surface area contributed by atoms with Crippen LogP contribution in [0.3, 0.4) is 0 Å². The maximum Gasteiger partial charge on any atom is 0.586 e. The van der Waals surface area contributed by atoms with Crippen molar-refractivity contribution in [2.24, 2.45) is 0 Å². The summed E-state index contributed by atoms with van der Waals surface area (Å²) in [4.78, 5) is 24.6. The van der Waals surface area contributed by atoms with E-state index in [1.54, 1.807) is 0 Å². The summed E-state index contributed by atoms with van der Waals surface area (Å²) >= 11 is 0. The van der Waals surface area contributed by atoms with Crippen LogP contribution in [0.25, 0.3) is 0 Å². The van der Waals surface area contributed by atoms with Gasteiger partial charge in [-0.05, 0) is 32.0 Å². The smallest absolute Gasteiger partial charge is 0.476 e. The van der Waals surface area contributed by atoms with Crippen LogP contribution in [-0.4, -0.2) is 22.7 Å². The normalized spacial score (nSPS) is 18.7. The van der Waals surface area contributed by atoms with Crippen molar-refractivity contribution in [3.63, 3.8) is 0 Å². The summed E-state index contributed by atoms with van der Waals surface area (Å²) in [6, 6.07) is 7.70. The van der Waals surface area contributed by atoms with Gasteiger partial charge in [0.15, 0.2) is 22.8 Å². The molecule has 27 heavy (non-hydrogen) atoms. The number of carbonyl (C=O) groups excluding carboxylic acids is 1. The fourth-order valence-electron chi connectivity index (χ4n) is 2.91. The minimum absolute atomic E-state index is 0.122. The summed E-state index contributed by atoms with van der Waals surface area (Å²) in [5.41, 5.74) is -1.06. The Morgan fingerprint density at radius 2 is 1.70 bits per heavy atom. The fraction of sp³-hybridized carbons (Fsp3) is 0.235. The van der Waals surface area contributed by atoms with Gasteiger partial charge >= 0.3 is 6.29 Å². The number of anilines is 2. The quantitative estimate of drug-likeness (QED) is 0.584. The van der Waals surface area contributed by atoms with E-state index in [9.17, 15) is 23.7 Å². The van der Waals surface area contributed by atoms with Crippen LogP contribution in [0.4, 0.5) is 25.8 Å². The molecule has 4 rings (SSSR count). The number of fused-ring (bicyclic) bond motifs is 2. The van der Waals surface area contributed by atoms with E-state index < -0.39 is 22.7 Å². The number of rotatable bonds is 2. The SMILES string of the molecule is CC1(C)Oc2cc([N+](=O)[O-])ccc2N(c2ccc3c(c2)OC(F)(F)O3)C1=O. The summed E-state index contributed by atoms with van der Waals surface area (Å²) in [6.07, 6.45) is -3.78. The average molecular weight is 378 g/mol. The molecule has 0 fully saturated rings. The Hall–Kier alpha value is -3.43. The molecule has 10 heteroatoms. The first kappa shape index (κ1) is 17.0. The number of hydrogen-bond acceptors (Lipinski definition) is 6. The minimum atomic E-state index is -3.78. The second-order valence-corrected chi connectivity index (χ2v) is 6.46. The summed E-state index contributed by atoms with van der Waals surface area (Å²) in [5.74, 6) is -0.739. The van der Waals surface area contributed by atoms with Gasteiger partial charge in [-0.1, -0.05) is 0 Å². The molecule has 8 nitrogen and oxygen atoms in total. The van der Waals surface area contributed by atoms with Crippen LogP contribution in [-0.2, 0) is 4.79 Å². The van der Waals surface area contributed by atoms with Crippen molar-refractivity contribution in [3.05, 3.63) is 46.5 Å². The Balaban J connectivity index is 1.84. The van der Waals surface area contributed by atoms with Gasteiger partial charge < -0.3 is 14.2 Å². The second-order valence-electron chi connectivity index (χ2n) is 6.46. The minimum Gasteiger partial charge on any atom is -0.476 e. The topological polar surface area (TPSA) is 91.1 Å². The molecule has 0 saturated heterocycles. The molecule has 0 radical (unpaired) electrons. The molecular weight excluding hydrogens is 366 g/mol. The number of ether oxygens (including phenoxy) is 3. The lowest BCUT2D eigenvalue weighted by Gasteiger charge is -2.38. The van der Waals surface area contributed by atoms with Gasteiger partial charge in [0.2, 0.25) is 0 Å². The maximum absolute atomic E-state index is 13.3. The molecule has 2 aliphatic rings. The van der Waals surface area contributed by atoms with E-state index >= 15 is 0 Å². The third-order valence-electron chi connectivity index (χ3n) is 4.12. The van der Waals surface area contributed by atoms with Crippen LogP contribution in [0, 0.1) is 10.1 Å². The molecule has 2 aromatic carbocycles. The average Bonchev–Trinajstić information content (AvgIpc) is 2.88. The monoisotopic (exact) mass is 378 g/mol. The molecule has 0 spiro atoms. The van der Waals surface area contributed by atoms with Crippen molar-refractivity contribution in [2.75, 3.05) is 4.90 Å². The van der Waals surface area contributed by atoms with Crippen molar-refractivity contribution in [1.82, 2.24) is 0 Å². The summed E-state index contributed by atoms with van der Waals surface area (Å²) in [5, 5.41) is 11.0. The molecule has 2 heterocycles. The number of carbonyl (C=O) groups is 1. The van der Waals surface area contributed by atoms with Crippen LogP contribution in [0.5, 0.6) is 17.2 Å². The number of hydrogen-bond donors (Lipinski definition) is 0.